The van der Waals surface area contributed by atoms with Gasteiger partial charge in [-0.25, -0.2) is 12.8 Å². The van der Waals surface area contributed by atoms with Crippen molar-refractivity contribution < 1.29 is 17.6 Å². The molecule has 0 spiro atoms. The molecule has 0 bridgehead atoms. The van der Waals surface area contributed by atoms with Crippen LogP contribution in [0.4, 0.5) is 4.39 Å². The zero-order chi connectivity index (χ0) is 13.2. The first-order valence-electron chi connectivity index (χ1n) is 5.69. The van der Waals surface area contributed by atoms with Gasteiger partial charge < -0.3 is 5.32 Å². The lowest BCUT2D eigenvalue weighted by Crippen LogP contribution is -2.45. The first-order valence-corrected chi connectivity index (χ1v) is 7.51. The highest BCUT2D eigenvalue weighted by Crippen LogP contribution is 2.11. The Morgan fingerprint density at radius 2 is 2.22 bits per heavy atom. The van der Waals surface area contributed by atoms with Gasteiger partial charge in [-0.15, -0.1) is 0 Å². The number of halogens is 1. The lowest BCUT2D eigenvalue weighted by atomic mass is 10.0. The minimum atomic E-state index is -3.06. The first kappa shape index (κ1) is 13.2. The SMILES string of the molecule is O=C(CC1CS(=O)(=O)CCN1)c1cccc(F)c1. The predicted molar refractivity (Wildman–Crippen MR) is 65.8 cm³/mol. The van der Waals surface area contributed by atoms with Gasteiger partial charge in [0.1, 0.15) is 5.82 Å². The molecule has 1 unspecified atom stereocenters. The van der Waals surface area contributed by atoms with Crippen molar-refractivity contribution in [1.82, 2.24) is 5.32 Å². The molecule has 1 saturated heterocycles. The van der Waals surface area contributed by atoms with Crippen molar-refractivity contribution in [2.24, 2.45) is 0 Å². The number of Topliss-reactive ketones (excluding diaryl/α,β-unsaturated/α-hetero) is 1. The van der Waals surface area contributed by atoms with Crippen molar-refractivity contribution >= 4 is 15.6 Å². The molecule has 1 aromatic carbocycles. The molecule has 0 aliphatic carbocycles. The lowest BCUT2D eigenvalue weighted by molar-refractivity contribution is 0.0971. The summed E-state index contributed by atoms with van der Waals surface area (Å²) in [6, 6.07) is 5.05. The Bertz CT molecular complexity index is 556. The number of rotatable bonds is 3. The molecule has 4 nitrogen and oxygen atoms in total. The van der Waals surface area contributed by atoms with Crippen LogP contribution in [0.25, 0.3) is 0 Å². The Hall–Kier alpha value is -1.27. The van der Waals surface area contributed by atoms with Crippen molar-refractivity contribution in [2.45, 2.75) is 12.5 Å². The van der Waals surface area contributed by atoms with Crippen molar-refractivity contribution in [3.05, 3.63) is 35.6 Å². The Morgan fingerprint density at radius 1 is 1.44 bits per heavy atom. The molecule has 1 N–H and O–H groups in total. The minimum absolute atomic E-state index is 0.0337. The van der Waals surface area contributed by atoms with Crippen molar-refractivity contribution in [3.63, 3.8) is 0 Å². The molecule has 1 heterocycles. The summed E-state index contributed by atoms with van der Waals surface area (Å²) in [6.45, 7) is 0.365. The average Bonchev–Trinajstić information content (AvgIpc) is 2.27. The Kier molecular flexibility index (Phi) is 3.77. The second-order valence-electron chi connectivity index (χ2n) is 4.40. The van der Waals surface area contributed by atoms with Gasteiger partial charge >= 0.3 is 0 Å². The third-order valence-corrected chi connectivity index (χ3v) is 4.62. The van der Waals surface area contributed by atoms with Crippen molar-refractivity contribution in [1.29, 1.82) is 0 Å². The second kappa shape index (κ2) is 5.16. The van der Waals surface area contributed by atoms with Crippen LogP contribution < -0.4 is 5.32 Å². The van der Waals surface area contributed by atoms with Crippen LogP contribution in [0.2, 0.25) is 0 Å². The van der Waals surface area contributed by atoms with Gasteiger partial charge in [-0.3, -0.25) is 4.79 Å². The van der Waals surface area contributed by atoms with E-state index in [1.54, 1.807) is 0 Å². The van der Waals surface area contributed by atoms with Gasteiger partial charge in [-0.1, -0.05) is 12.1 Å². The molecule has 0 radical (unpaired) electrons. The number of carbonyl (C=O) groups is 1. The van der Waals surface area contributed by atoms with E-state index in [1.807, 2.05) is 0 Å². The highest BCUT2D eigenvalue weighted by molar-refractivity contribution is 7.91. The topological polar surface area (TPSA) is 63.2 Å². The van der Waals surface area contributed by atoms with Crippen LogP contribution in [0.5, 0.6) is 0 Å². The summed E-state index contributed by atoms with van der Waals surface area (Å²) in [5, 5.41) is 3.00. The van der Waals surface area contributed by atoms with E-state index in [0.717, 1.165) is 0 Å². The number of sulfone groups is 1. The molecular weight excluding hydrogens is 257 g/mol. The van der Waals surface area contributed by atoms with Crippen LogP contribution in [0.3, 0.4) is 0 Å². The number of hydrogen-bond acceptors (Lipinski definition) is 4. The number of benzene rings is 1. The summed E-state index contributed by atoms with van der Waals surface area (Å²) >= 11 is 0. The largest absolute Gasteiger partial charge is 0.312 e. The van der Waals surface area contributed by atoms with E-state index in [1.165, 1.54) is 24.3 Å². The number of hydrogen-bond donors (Lipinski definition) is 1. The molecule has 1 atom stereocenters. The van der Waals surface area contributed by atoms with Crippen molar-refractivity contribution in [3.8, 4) is 0 Å². The zero-order valence-electron chi connectivity index (χ0n) is 9.73. The van der Waals surface area contributed by atoms with Crippen LogP contribution in [0.15, 0.2) is 24.3 Å². The number of carbonyl (C=O) groups excluding carboxylic acids is 1. The monoisotopic (exact) mass is 271 g/mol. The van der Waals surface area contributed by atoms with Gasteiger partial charge in [0.05, 0.1) is 11.5 Å². The Labute approximate surface area is 105 Å². The molecule has 1 fully saturated rings. The third-order valence-electron chi connectivity index (χ3n) is 2.88. The zero-order valence-corrected chi connectivity index (χ0v) is 10.5. The van der Waals surface area contributed by atoms with Crippen LogP contribution in [-0.4, -0.2) is 38.3 Å². The Balaban J connectivity index is 2.03. The first-order chi connectivity index (χ1) is 8.46. The molecule has 1 aromatic rings. The van der Waals surface area contributed by atoms with Gasteiger partial charge in [-0.2, -0.15) is 0 Å². The standard InChI is InChI=1S/C12H14FNO3S/c13-10-3-1-2-9(6-10)12(15)7-11-8-18(16,17)5-4-14-11/h1-3,6,11,14H,4-5,7-8H2. The number of nitrogens with one attached hydrogen (secondary N) is 1. The van der Waals surface area contributed by atoms with E-state index in [0.29, 0.717) is 6.54 Å². The summed E-state index contributed by atoms with van der Waals surface area (Å²) in [5.41, 5.74) is 0.278. The smallest absolute Gasteiger partial charge is 0.164 e. The summed E-state index contributed by atoms with van der Waals surface area (Å²) in [5.74, 6) is -0.639. The van der Waals surface area contributed by atoms with Gasteiger partial charge in [0.2, 0.25) is 0 Å². The molecule has 2 rings (SSSR count). The minimum Gasteiger partial charge on any atom is -0.312 e. The predicted octanol–water partition coefficient (Wildman–Crippen LogP) is 0.785. The van der Waals surface area contributed by atoms with Gasteiger partial charge in [0.25, 0.3) is 0 Å². The maximum atomic E-state index is 13.0. The fourth-order valence-corrected chi connectivity index (χ4v) is 3.45. The van der Waals surface area contributed by atoms with Crippen LogP contribution in [0.1, 0.15) is 16.8 Å². The summed E-state index contributed by atoms with van der Waals surface area (Å²) < 4.78 is 35.8. The summed E-state index contributed by atoms with van der Waals surface area (Å²) in [6.07, 6.45) is 0.0721. The van der Waals surface area contributed by atoms with E-state index in [-0.39, 0.29) is 35.3 Å². The highest BCUT2D eigenvalue weighted by atomic mass is 32.2. The lowest BCUT2D eigenvalue weighted by Gasteiger charge is -2.22. The molecule has 0 aromatic heterocycles. The molecule has 1 aliphatic heterocycles. The maximum absolute atomic E-state index is 13.0. The maximum Gasteiger partial charge on any atom is 0.164 e. The van der Waals surface area contributed by atoms with E-state index in [4.69, 9.17) is 0 Å². The van der Waals surface area contributed by atoms with Crippen LogP contribution in [0, 0.1) is 5.82 Å². The van der Waals surface area contributed by atoms with Crippen molar-refractivity contribution in [2.75, 3.05) is 18.1 Å². The highest BCUT2D eigenvalue weighted by Gasteiger charge is 2.26. The summed E-state index contributed by atoms with van der Waals surface area (Å²) in [4.78, 5) is 11.9. The summed E-state index contributed by atoms with van der Waals surface area (Å²) in [7, 11) is -3.06. The van der Waals surface area contributed by atoms with Crippen LogP contribution in [-0.2, 0) is 9.84 Å². The van der Waals surface area contributed by atoms with Crippen LogP contribution >= 0.6 is 0 Å². The molecule has 18 heavy (non-hydrogen) atoms. The molecule has 0 amide bonds. The van der Waals surface area contributed by atoms with Gasteiger partial charge in [0.15, 0.2) is 15.6 Å². The fraction of sp³-hybridized carbons (Fsp3) is 0.417. The van der Waals surface area contributed by atoms with Gasteiger partial charge in [-0.05, 0) is 12.1 Å². The molecule has 6 heteroatoms. The molecule has 98 valence electrons. The number of ketones is 1. The normalized spacial score (nSPS) is 22.6. The Morgan fingerprint density at radius 3 is 2.89 bits per heavy atom. The fourth-order valence-electron chi connectivity index (χ4n) is 2.00. The van der Waals surface area contributed by atoms with E-state index < -0.39 is 15.7 Å². The molecule has 1 aliphatic rings. The van der Waals surface area contributed by atoms with E-state index in [2.05, 4.69) is 5.32 Å². The van der Waals surface area contributed by atoms with Gasteiger partial charge in [0, 0.05) is 24.6 Å². The van der Waals surface area contributed by atoms with E-state index >= 15 is 0 Å². The molecule has 0 saturated carbocycles. The second-order valence-corrected chi connectivity index (χ2v) is 6.63. The quantitative estimate of drug-likeness (QED) is 0.825. The van der Waals surface area contributed by atoms with E-state index in [9.17, 15) is 17.6 Å². The third kappa shape index (κ3) is 3.36. The average molecular weight is 271 g/mol. The molecular formula is C12H14FNO3S.